The van der Waals surface area contributed by atoms with Crippen LogP contribution in [0.15, 0.2) is 46.1 Å². The van der Waals surface area contributed by atoms with Gasteiger partial charge in [0.05, 0.1) is 6.54 Å². The van der Waals surface area contributed by atoms with E-state index in [1.165, 1.54) is 16.8 Å². The Morgan fingerprint density at radius 3 is 2.76 bits per heavy atom. The number of hydrogen-bond donors (Lipinski definition) is 2. The van der Waals surface area contributed by atoms with Crippen molar-refractivity contribution in [3.63, 3.8) is 0 Å². The number of nitrogens with zero attached hydrogens (tertiary/aromatic N) is 1. The number of aromatic nitrogens is 2. The largest absolute Gasteiger partial charge is 0.478 e. The molecule has 6 nitrogen and oxygen atoms in total. The predicted molar refractivity (Wildman–Crippen MR) is 78.3 cm³/mol. The molecule has 1 aromatic carbocycles. The Morgan fingerprint density at radius 2 is 2.05 bits per heavy atom. The van der Waals surface area contributed by atoms with E-state index in [-0.39, 0.29) is 6.54 Å². The van der Waals surface area contributed by atoms with Crippen molar-refractivity contribution in [1.29, 1.82) is 0 Å². The first kappa shape index (κ1) is 14.5. The third-order valence-electron chi connectivity index (χ3n) is 2.99. The number of benzene rings is 1. The Bertz CT molecular complexity index is 815. The lowest BCUT2D eigenvalue weighted by Crippen LogP contribution is -2.31. The quantitative estimate of drug-likeness (QED) is 0.820. The van der Waals surface area contributed by atoms with E-state index in [2.05, 4.69) is 4.98 Å². The average molecular weight is 286 g/mol. The molecule has 6 heteroatoms. The van der Waals surface area contributed by atoms with Crippen LogP contribution in [0.5, 0.6) is 0 Å². The van der Waals surface area contributed by atoms with Gasteiger partial charge in [0.25, 0.3) is 5.56 Å². The number of rotatable bonds is 4. The number of hydrogen-bond acceptors (Lipinski definition) is 3. The molecule has 0 saturated heterocycles. The smallest absolute Gasteiger partial charge is 0.328 e. The second kappa shape index (κ2) is 6.04. The molecule has 0 amide bonds. The Morgan fingerprint density at radius 1 is 1.33 bits per heavy atom. The first-order valence-electron chi connectivity index (χ1n) is 6.26. The van der Waals surface area contributed by atoms with E-state index in [4.69, 9.17) is 5.11 Å². The van der Waals surface area contributed by atoms with Gasteiger partial charge in [-0.3, -0.25) is 14.3 Å². The number of aryl methyl sites for hydroxylation is 1. The van der Waals surface area contributed by atoms with E-state index >= 15 is 0 Å². The number of aliphatic carboxylic acids is 1. The number of nitrogens with one attached hydrogen (secondary N) is 1. The Kier molecular flexibility index (Phi) is 4.18. The molecule has 2 N–H and O–H groups in total. The Labute approximate surface area is 120 Å². The second-order valence-electron chi connectivity index (χ2n) is 4.57. The van der Waals surface area contributed by atoms with Crippen molar-refractivity contribution >= 4 is 12.0 Å². The van der Waals surface area contributed by atoms with Gasteiger partial charge >= 0.3 is 11.7 Å². The molecule has 108 valence electrons. The molecule has 0 atom stereocenters. The summed E-state index contributed by atoms with van der Waals surface area (Å²) in [5.41, 5.74) is 1.02. The van der Waals surface area contributed by atoms with Crippen LogP contribution in [0.3, 0.4) is 0 Å². The third-order valence-corrected chi connectivity index (χ3v) is 2.99. The van der Waals surface area contributed by atoms with Crippen LogP contribution < -0.4 is 11.2 Å². The minimum Gasteiger partial charge on any atom is -0.478 e. The molecular weight excluding hydrogens is 272 g/mol. The molecule has 2 rings (SSSR count). The van der Waals surface area contributed by atoms with Gasteiger partial charge in [0.2, 0.25) is 0 Å². The first-order chi connectivity index (χ1) is 9.97. The maximum absolute atomic E-state index is 11.8. The zero-order valence-electron chi connectivity index (χ0n) is 11.4. The maximum atomic E-state index is 11.8. The summed E-state index contributed by atoms with van der Waals surface area (Å²) in [5, 5.41) is 8.68. The van der Waals surface area contributed by atoms with Gasteiger partial charge in [-0.1, -0.05) is 24.3 Å². The molecule has 2 aromatic rings. The molecule has 21 heavy (non-hydrogen) atoms. The Balaban J connectivity index is 2.41. The molecule has 1 heterocycles. The van der Waals surface area contributed by atoms with Crippen LogP contribution in [0.2, 0.25) is 0 Å². The van der Waals surface area contributed by atoms with Gasteiger partial charge in [-0.15, -0.1) is 0 Å². The molecule has 0 bridgehead atoms. The van der Waals surface area contributed by atoms with Crippen molar-refractivity contribution in [2.75, 3.05) is 0 Å². The van der Waals surface area contributed by atoms with E-state index < -0.39 is 17.2 Å². The molecule has 1 aromatic heterocycles. The van der Waals surface area contributed by atoms with Crippen molar-refractivity contribution in [3.05, 3.63) is 74.1 Å². The van der Waals surface area contributed by atoms with E-state index in [1.807, 2.05) is 0 Å². The highest BCUT2D eigenvalue weighted by atomic mass is 16.4. The topological polar surface area (TPSA) is 92.2 Å². The number of carboxylic acid groups (broad SMARTS) is 1. The summed E-state index contributed by atoms with van der Waals surface area (Å²) in [5.74, 6) is -1.04. The van der Waals surface area contributed by atoms with Crippen LogP contribution in [0.1, 0.15) is 16.7 Å². The van der Waals surface area contributed by atoms with Crippen molar-refractivity contribution in [2.45, 2.75) is 13.5 Å². The Hall–Kier alpha value is -2.89. The minimum atomic E-state index is -1.04. The van der Waals surface area contributed by atoms with Gasteiger partial charge in [-0.2, -0.15) is 0 Å². The lowest BCUT2D eigenvalue weighted by Gasteiger charge is -2.09. The van der Waals surface area contributed by atoms with Crippen LogP contribution in [0.25, 0.3) is 6.08 Å². The number of carboxylic acids is 1. The first-order valence-corrected chi connectivity index (χ1v) is 6.26. The summed E-state index contributed by atoms with van der Waals surface area (Å²) >= 11 is 0. The highest BCUT2D eigenvalue weighted by Crippen LogP contribution is 2.11. The second-order valence-corrected chi connectivity index (χ2v) is 4.57. The molecule has 0 radical (unpaired) electrons. The molecule has 0 aliphatic heterocycles. The summed E-state index contributed by atoms with van der Waals surface area (Å²) in [6.45, 7) is 1.86. The number of aromatic amines is 1. The molecule has 0 saturated carbocycles. The average Bonchev–Trinajstić information content (AvgIpc) is 2.43. The van der Waals surface area contributed by atoms with E-state index in [9.17, 15) is 14.4 Å². The van der Waals surface area contributed by atoms with Gasteiger partial charge in [0.15, 0.2) is 0 Å². The van der Waals surface area contributed by atoms with Gasteiger partial charge in [-0.05, 0) is 24.1 Å². The van der Waals surface area contributed by atoms with E-state index in [0.717, 1.165) is 11.6 Å². The minimum absolute atomic E-state index is 0.247. The molecule has 0 aliphatic carbocycles. The van der Waals surface area contributed by atoms with Crippen molar-refractivity contribution in [3.8, 4) is 0 Å². The fraction of sp³-hybridized carbons (Fsp3) is 0.133. The summed E-state index contributed by atoms with van der Waals surface area (Å²) in [7, 11) is 0. The zero-order valence-corrected chi connectivity index (χ0v) is 11.4. The van der Waals surface area contributed by atoms with Gasteiger partial charge < -0.3 is 5.11 Å². The summed E-state index contributed by atoms with van der Waals surface area (Å²) in [4.78, 5) is 35.9. The summed E-state index contributed by atoms with van der Waals surface area (Å²) in [6.07, 6.45) is 4.00. The molecule has 0 spiro atoms. The number of carbonyl (C=O) groups is 1. The monoisotopic (exact) mass is 286 g/mol. The fourth-order valence-electron chi connectivity index (χ4n) is 1.92. The lowest BCUT2D eigenvalue weighted by molar-refractivity contribution is -0.131. The van der Waals surface area contributed by atoms with Crippen LogP contribution in [-0.4, -0.2) is 20.6 Å². The highest BCUT2D eigenvalue weighted by molar-refractivity contribution is 5.85. The normalized spacial score (nSPS) is 10.9. The molecular formula is C15H14N2O4. The number of H-pyrrole nitrogens is 1. The molecule has 0 fully saturated rings. The zero-order chi connectivity index (χ0) is 15.4. The van der Waals surface area contributed by atoms with Crippen LogP contribution in [-0.2, 0) is 11.3 Å². The van der Waals surface area contributed by atoms with Gasteiger partial charge in [0, 0.05) is 17.8 Å². The van der Waals surface area contributed by atoms with Gasteiger partial charge in [0.1, 0.15) is 0 Å². The van der Waals surface area contributed by atoms with Gasteiger partial charge in [-0.25, -0.2) is 9.59 Å². The van der Waals surface area contributed by atoms with Crippen LogP contribution in [0, 0.1) is 6.92 Å². The van der Waals surface area contributed by atoms with Crippen LogP contribution >= 0.6 is 0 Å². The van der Waals surface area contributed by atoms with Crippen molar-refractivity contribution < 1.29 is 9.90 Å². The fourth-order valence-corrected chi connectivity index (χ4v) is 1.92. The molecule has 0 unspecified atom stereocenters. The van der Waals surface area contributed by atoms with Crippen molar-refractivity contribution in [1.82, 2.24) is 9.55 Å². The maximum Gasteiger partial charge on any atom is 0.328 e. The molecule has 0 aliphatic rings. The summed E-state index contributed by atoms with van der Waals surface area (Å²) in [6, 6.07) is 7.15. The predicted octanol–water partition coefficient (Wildman–Crippen LogP) is 0.991. The standard InChI is InChI=1S/C15H14N2O4/c1-10-8-17(15(21)16-14(10)20)9-12-5-3-2-4-11(12)6-7-13(18)19/h2-8H,9H2,1H3,(H,18,19)(H,16,20,21). The van der Waals surface area contributed by atoms with E-state index in [1.54, 1.807) is 31.2 Å². The van der Waals surface area contributed by atoms with Crippen molar-refractivity contribution in [2.24, 2.45) is 0 Å². The highest BCUT2D eigenvalue weighted by Gasteiger charge is 2.04. The van der Waals surface area contributed by atoms with Crippen LogP contribution in [0.4, 0.5) is 0 Å². The SMILES string of the molecule is Cc1cn(Cc2ccccc2C=CC(=O)O)c(=O)[nH]c1=O. The van der Waals surface area contributed by atoms with E-state index in [0.29, 0.717) is 11.1 Å². The summed E-state index contributed by atoms with van der Waals surface area (Å²) < 4.78 is 1.38. The lowest BCUT2D eigenvalue weighted by atomic mass is 10.1. The third kappa shape index (κ3) is 3.56.